The van der Waals surface area contributed by atoms with Gasteiger partial charge in [-0.25, -0.2) is 0 Å². The summed E-state index contributed by atoms with van der Waals surface area (Å²) >= 11 is 0. The maximum absolute atomic E-state index is 12.3. The number of carbonyl (C=O) groups is 1. The molecule has 0 aromatic heterocycles. The monoisotopic (exact) mass is 356 g/mol. The van der Waals surface area contributed by atoms with Crippen LogP contribution in [0.5, 0.6) is 0 Å². The van der Waals surface area contributed by atoms with E-state index in [1.54, 1.807) is 24.3 Å². The summed E-state index contributed by atoms with van der Waals surface area (Å²) in [6.07, 6.45) is -2.83. The van der Waals surface area contributed by atoms with Crippen molar-refractivity contribution in [2.45, 2.75) is 11.1 Å². The van der Waals surface area contributed by atoms with Crippen LogP contribution in [0, 0.1) is 0 Å². The lowest BCUT2D eigenvalue weighted by Gasteiger charge is -2.14. The maximum Gasteiger partial charge on any atom is 0.405 e. The van der Waals surface area contributed by atoms with Crippen LogP contribution in [0.1, 0.15) is 10.4 Å². The molecular weight excluding hydrogens is 341 g/mol. The number of alkyl halides is 3. The molecule has 2 rings (SSSR count). The number of amides is 1. The summed E-state index contributed by atoms with van der Waals surface area (Å²) in [5.74, 6) is -0.468. The molecule has 0 saturated heterocycles. The Kier molecular flexibility index (Phi) is 5.61. The summed E-state index contributed by atoms with van der Waals surface area (Å²) in [4.78, 5) is 12.8. The molecule has 0 aliphatic rings. The fraction of sp³-hybridized carbons (Fsp3) is 0.188. The lowest BCUT2D eigenvalue weighted by atomic mass is 10.2. The van der Waals surface area contributed by atoms with Crippen LogP contribution in [0.25, 0.3) is 0 Å². The Labute approximate surface area is 139 Å². The van der Waals surface area contributed by atoms with Gasteiger partial charge in [-0.1, -0.05) is 12.1 Å². The van der Waals surface area contributed by atoms with E-state index in [2.05, 4.69) is 10.6 Å². The number of hydrogen-bond acceptors (Lipinski definition) is 3. The van der Waals surface area contributed by atoms with E-state index in [9.17, 15) is 22.2 Å². The molecule has 0 aliphatic heterocycles. The maximum atomic E-state index is 12.3. The van der Waals surface area contributed by atoms with E-state index in [0.29, 0.717) is 10.5 Å². The van der Waals surface area contributed by atoms with Crippen molar-refractivity contribution in [2.24, 2.45) is 0 Å². The molecule has 0 aliphatic carbocycles. The second-order valence-electron chi connectivity index (χ2n) is 4.95. The Hall–Kier alpha value is -2.35. The quantitative estimate of drug-likeness (QED) is 0.860. The number of para-hydroxylation sites is 2. The first-order valence-corrected chi connectivity index (χ1v) is 8.46. The standard InChI is InChI=1S/C16H15F3N2O2S/c1-24(23)12-8-6-11(7-9-12)15(22)21-14-5-3-2-4-13(14)20-10-16(17,18)19/h2-9,20H,10H2,1H3,(H,21,22). The summed E-state index contributed by atoms with van der Waals surface area (Å²) in [6.45, 7) is -1.20. The summed E-state index contributed by atoms with van der Waals surface area (Å²) in [7, 11) is -1.15. The average Bonchev–Trinajstić information content (AvgIpc) is 2.53. The highest BCUT2D eigenvalue weighted by atomic mass is 32.2. The Morgan fingerprint density at radius 3 is 2.17 bits per heavy atom. The van der Waals surface area contributed by atoms with Crippen LogP contribution in [0.4, 0.5) is 24.5 Å². The predicted octanol–water partition coefficient (Wildman–Crippen LogP) is 3.65. The van der Waals surface area contributed by atoms with Gasteiger partial charge < -0.3 is 10.6 Å². The van der Waals surface area contributed by atoms with Crippen LogP contribution in [-0.4, -0.2) is 29.1 Å². The van der Waals surface area contributed by atoms with E-state index in [1.165, 1.54) is 30.5 Å². The molecule has 8 heteroatoms. The summed E-state index contributed by atoms with van der Waals surface area (Å²) in [5.41, 5.74) is 0.735. The molecule has 2 N–H and O–H groups in total. The second-order valence-corrected chi connectivity index (χ2v) is 6.33. The van der Waals surface area contributed by atoms with Gasteiger partial charge in [0.05, 0.1) is 11.4 Å². The van der Waals surface area contributed by atoms with Gasteiger partial charge in [-0.05, 0) is 36.4 Å². The van der Waals surface area contributed by atoms with Gasteiger partial charge >= 0.3 is 6.18 Å². The first-order valence-electron chi connectivity index (χ1n) is 6.91. The fourth-order valence-corrected chi connectivity index (χ4v) is 2.45. The van der Waals surface area contributed by atoms with Crippen molar-refractivity contribution >= 4 is 28.1 Å². The van der Waals surface area contributed by atoms with Crippen LogP contribution < -0.4 is 10.6 Å². The zero-order valence-corrected chi connectivity index (χ0v) is 13.5. The van der Waals surface area contributed by atoms with E-state index in [0.717, 1.165) is 0 Å². The average molecular weight is 356 g/mol. The Morgan fingerprint density at radius 2 is 1.62 bits per heavy atom. The van der Waals surface area contributed by atoms with E-state index in [-0.39, 0.29) is 11.4 Å². The van der Waals surface area contributed by atoms with Gasteiger partial charge in [-0.15, -0.1) is 0 Å². The molecule has 0 radical (unpaired) electrons. The topological polar surface area (TPSA) is 58.2 Å². The summed E-state index contributed by atoms with van der Waals surface area (Å²) in [6, 6.07) is 12.3. The van der Waals surface area contributed by atoms with Crippen molar-refractivity contribution in [3.05, 3.63) is 54.1 Å². The molecule has 0 bridgehead atoms. The highest BCUT2D eigenvalue weighted by Gasteiger charge is 2.27. The Bertz CT molecular complexity index is 746. The van der Waals surface area contributed by atoms with Crippen molar-refractivity contribution < 1.29 is 22.2 Å². The number of halogens is 3. The van der Waals surface area contributed by atoms with Crippen LogP contribution >= 0.6 is 0 Å². The van der Waals surface area contributed by atoms with Gasteiger partial charge in [0, 0.05) is 27.5 Å². The third-order valence-corrected chi connectivity index (χ3v) is 4.04. The third kappa shape index (κ3) is 5.09. The molecule has 0 heterocycles. The molecule has 128 valence electrons. The highest BCUT2D eigenvalue weighted by molar-refractivity contribution is 7.84. The van der Waals surface area contributed by atoms with E-state index < -0.39 is 29.4 Å². The molecule has 0 fully saturated rings. The zero-order valence-electron chi connectivity index (χ0n) is 12.7. The minimum absolute atomic E-state index is 0.175. The van der Waals surface area contributed by atoms with Crippen molar-refractivity contribution in [1.29, 1.82) is 0 Å². The van der Waals surface area contributed by atoms with E-state index in [1.807, 2.05) is 0 Å². The molecule has 4 nitrogen and oxygen atoms in total. The Morgan fingerprint density at radius 1 is 1.04 bits per heavy atom. The van der Waals surface area contributed by atoms with Crippen LogP contribution in [0.3, 0.4) is 0 Å². The molecular formula is C16H15F3N2O2S. The number of nitrogens with one attached hydrogen (secondary N) is 2. The summed E-state index contributed by atoms with van der Waals surface area (Å²) < 4.78 is 48.3. The number of benzene rings is 2. The number of hydrogen-bond donors (Lipinski definition) is 2. The molecule has 1 atom stereocenters. The third-order valence-electron chi connectivity index (χ3n) is 3.10. The highest BCUT2D eigenvalue weighted by Crippen LogP contribution is 2.24. The van der Waals surface area contributed by atoms with Gasteiger partial charge in [0.25, 0.3) is 5.91 Å². The minimum atomic E-state index is -4.36. The predicted molar refractivity (Wildman–Crippen MR) is 87.7 cm³/mol. The molecule has 2 aromatic rings. The second kappa shape index (κ2) is 7.48. The van der Waals surface area contributed by atoms with Crippen molar-refractivity contribution in [2.75, 3.05) is 23.4 Å². The minimum Gasteiger partial charge on any atom is -0.375 e. The lowest BCUT2D eigenvalue weighted by Crippen LogP contribution is -2.22. The molecule has 0 spiro atoms. The number of rotatable bonds is 5. The molecule has 2 aromatic carbocycles. The smallest absolute Gasteiger partial charge is 0.375 e. The zero-order chi connectivity index (χ0) is 17.7. The van der Waals surface area contributed by atoms with Gasteiger partial charge in [-0.2, -0.15) is 13.2 Å². The van der Waals surface area contributed by atoms with Gasteiger partial charge in [0.1, 0.15) is 6.54 Å². The molecule has 24 heavy (non-hydrogen) atoms. The first-order chi connectivity index (χ1) is 11.3. The van der Waals surface area contributed by atoms with Crippen molar-refractivity contribution in [1.82, 2.24) is 0 Å². The van der Waals surface area contributed by atoms with E-state index in [4.69, 9.17) is 0 Å². The largest absolute Gasteiger partial charge is 0.405 e. The van der Waals surface area contributed by atoms with Gasteiger partial charge in [0.2, 0.25) is 0 Å². The number of carbonyl (C=O) groups excluding carboxylic acids is 1. The molecule has 1 unspecified atom stereocenters. The fourth-order valence-electron chi connectivity index (χ4n) is 1.93. The van der Waals surface area contributed by atoms with Crippen molar-refractivity contribution in [3.63, 3.8) is 0 Å². The van der Waals surface area contributed by atoms with Crippen LogP contribution in [0.15, 0.2) is 53.4 Å². The molecule has 0 saturated carbocycles. The number of anilines is 2. The Balaban J connectivity index is 2.12. The van der Waals surface area contributed by atoms with Gasteiger partial charge in [-0.3, -0.25) is 9.00 Å². The molecule has 1 amide bonds. The van der Waals surface area contributed by atoms with Gasteiger partial charge in [0.15, 0.2) is 0 Å². The first kappa shape index (κ1) is 18.0. The SMILES string of the molecule is CS(=O)c1ccc(C(=O)Nc2ccccc2NCC(F)(F)F)cc1. The normalized spacial score (nSPS) is 12.5. The van der Waals surface area contributed by atoms with E-state index >= 15 is 0 Å². The lowest BCUT2D eigenvalue weighted by molar-refractivity contribution is -0.115. The summed E-state index contributed by atoms with van der Waals surface area (Å²) in [5, 5.41) is 4.82. The van der Waals surface area contributed by atoms with Crippen molar-refractivity contribution in [3.8, 4) is 0 Å². The van der Waals surface area contributed by atoms with Crippen LogP contribution in [-0.2, 0) is 10.8 Å². The van der Waals surface area contributed by atoms with Crippen LogP contribution in [0.2, 0.25) is 0 Å².